The predicted molar refractivity (Wildman–Crippen MR) is 131 cm³/mol. The van der Waals surface area contributed by atoms with Crippen LogP contribution in [0.4, 0.5) is 35.3 Å². The van der Waals surface area contributed by atoms with E-state index in [0.29, 0.717) is 11.3 Å². The number of halogens is 3. The third kappa shape index (κ3) is 7.03. The molecule has 2 aromatic carbocycles. The molecule has 0 bridgehead atoms. The average molecular weight is 483 g/mol. The molecule has 2 amide bonds. The summed E-state index contributed by atoms with van der Waals surface area (Å²) in [5.74, 6) is -2.25. The van der Waals surface area contributed by atoms with E-state index in [4.69, 9.17) is 11.5 Å². The van der Waals surface area contributed by atoms with Gasteiger partial charge in [0.2, 0.25) is 5.95 Å². The van der Waals surface area contributed by atoms with Gasteiger partial charge in [-0.2, -0.15) is 0 Å². The first-order valence-electron chi connectivity index (χ1n) is 10.4. The summed E-state index contributed by atoms with van der Waals surface area (Å²) in [6.07, 6.45) is 2.91. The van der Waals surface area contributed by atoms with Gasteiger partial charge >= 0.3 is 6.03 Å². The van der Waals surface area contributed by atoms with E-state index in [2.05, 4.69) is 25.6 Å². The topological polar surface area (TPSA) is 131 Å². The fraction of sp³-hybridized carbons (Fsp3) is 0.167. The van der Waals surface area contributed by atoms with Crippen LogP contribution < -0.4 is 22.1 Å². The molecule has 0 fully saturated rings. The van der Waals surface area contributed by atoms with Crippen molar-refractivity contribution in [1.29, 1.82) is 0 Å². The van der Waals surface area contributed by atoms with Crippen molar-refractivity contribution >= 4 is 40.8 Å². The van der Waals surface area contributed by atoms with Crippen LogP contribution in [-0.2, 0) is 0 Å². The van der Waals surface area contributed by atoms with Crippen LogP contribution >= 0.6 is 0 Å². The van der Waals surface area contributed by atoms with Crippen LogP contribution in [0.5, 0.6) is 0 Å². The molecule has 3 aromatic rings. The zero-order valence-corrected chi connectivity index (χ0v) is 19.2. The lowest BCUT2D eigenvalue weighted by Crippen LogP contribution is -2.20. The number of nitrogens with two attached hydrogens (primary N) is 2. The molecule has 1 heterocycles. The average Bonchev–Trinajstić information content (AvgIpc) is 2.75. The van der Waals surface area contributed by atoms with Crippen molar-refractivity contribution in [2.75, 3.05) is 16.4 Å². The molecule has 1 aromatic heterocycles. The molecule has 0 saturated carbocycles. The summed E-state index contributed by atoms with van der Waals surface area (Å²) < 4.78 is 41.8. The van der Waals surface area contributed by atoms with Crippen molar-refractivity contribution in [3.63, 3.8) is 0 Å². The standard InChI is InChI=1S/C24H24F3N7O/c1-24(2,3)31-12-17(21(28)19-6-7-30-22(29)33-19)13-8-15(26)10-16(9-13)32-23(35)34-20-11-14(25)4-5-18(20)27/h4-12H,28H2,1-3H3,(H2,29,30,33)(H2,32,34,35). The highest BCUT2D eigenvalue weighted by Crippen LogP contribution is 2.26. The number of rotatable bonds is 5. The Hall–Kier alpha value is -4.41. The van der Waals surface area contributed by atoms with E-state index in [1.807, 2.05) is 20.8 Å². The summed E-state index contributed by atoms with van der Waals surface area (Å²) >= 11 is 0. The second-order valence-electron chi connectivity index (χ2n) is 8.49. The van der Waals surface area contributed by atoms with Gasteiger partial charge in [0.05, 0.1) is 22.6 Å². The van der Waals surface area contributed by atoms with Gasteiger partial charge in [-0.15, -0.1) is 0 Å². The molecule has 8 nitrogen and oxygen atoms in total. The quantitative estimate of drug-likeness (QED) is 0.387. The maximum Gasteiger partial charge on any atom is 0.323 e. The first-order chi connectivity index (χ1) is 16.4. The molecule has 6 N–H and O–H groups in total. The number of nitrogens with zero attached hydrogens (tertiary/aromatic N) is 3. The molecule has 0 aliphatic heterocycles. The van der Waals surface area contributed by atoms with Crippen molar-refractivity contribution in [3.8, 4) is 0 Å². The highest BCUT2D eigenvalue weighted by Gasteiger charge is 2.15. The minimum absolute atomic E-state index is 0.000380. The summed E-state index contributed by atoms with van der Waals surface area (Å²) in [4.78, 5) is 24.8. The molecule has 0 spiro atoms. The van der Waals surface area contributed by atoms with Crippen LogP contribution in [-0.4, -0.2) is 27.8 Å². The molecule has 0 aliphatic carbocycles. The van der Waals surface area contributed by atoms with Gasteiger partial charge in [0.15, 0.2) is 0 Å². The van der Waals surface area contributed by atoms with Gasteiger partial charge in [0.1, 0.15) is 17.5 Å². The van der Waals surface area contributed by atoms with Crippen LogP contribution in [0.15, 0.2) is 53.7 Å². The number of hydrogen-bond acceptors (Lipinski definition) is 6. The summed E-state index contributed by atoms with van der Waals surface area (Å²) in [6.45, 7) is 5.61. The summed E-state index contributed by atoms with van der Waals surface area (Å²) in [5.41, 5.74) is 12.2. The second-order valence-corrected chi connectivity index (χ2v) is 8.49. The highest BCUT2D eigenvalue weighted by atomic mass is 19.1. The summed E-state index contributed by atoms with van der Waals surface area (Å²) in [5, 5.41) is 4.59. The smallest absolute Gasteiger partial charge is 0.323 e. The minimum atomic E-state index is -0.906. The summed E-state index contributed by atoms with van der Waals surface area (Å²) in [7, 11) is 0. The van der Waals surface area contributed by atoms with Crippen LogP contribution in [0.3, 0.4) is 0 Å². The lowest BCUT2D eigenvalue weighted by Gasteiger charge is -2.15. The van der Waals surface area contributed by atoms with Crippen LogP contribution in [0.25, 0.3) is 11.3 Å². The summed E-state index contributed by atoms with van der Waals surface area (Å²) in [6, 6.07) is 6.96. The molecule has 182 valence electrons. The number of benzene rings is 2. The zero-order chi connectivity index (χ0) is 25.8. The van der Waals surface area contributed by atoms with Crippen LogP contribution in [0.1, 0.15) is 32.0 Å². The number of nitrogen functional groups attached to an aromatic ring is 1. The van der Waals surface area contributed by atoms with E-state index in [-0.39, 0.29) is 28.6 Å². The monoisotopic (exact) mass is 483 g/mol. The van der Waals surface area contributed by atoms with Gasteiger partial charge < -0.3 is 22.1 Å². The third-order valence-electron chi connectivity index (χ3n) is 4.46. The largest absolute Gasteiger partial charge is 0.396 e. The number of aliphatic imine (C=N–C) groups is 1. The Balaban J connectivity index is 2.00. The minimum Gasteiger partial charge on any atom is -0.396 e. The number of anilines is 3. The molecular formula is C24H24F3N7O. The zero-order valence-electron chi connectivity index (χ0n) is 19.2. The lowest BCUT2D eigenvalue weighted by molar-refractivity contribution is 0.262. The van der Waals surface area contributed by atoms with Gasteiger partial charge in [-0.3, -0.25) is 4.99 Å². The first-order valence-corrected chi connectivity index (χ1v) is 10.4. The molecule has 0 atom stereocenters. The third-order valence-corrected chi connectivity index (χ3v) is 4.46. The molecule has 35 heavy (non-hydrogen) atoms. The highest BCUT2D eigenvalue weighted by molar-refractivity contribution is 6.19. The van der Waals surface area contributed by atoms with Crippen LogP contribution in [0.2, 0.25) is 0 Å². The van der Waals surface area contributed by atoms with E-state index in [0.717, 1.165) is 24.3 Å². The Morgan fingerprint density at radius 1 is 1.03 bits per heavy atom. The van der Waals surface area contributed by atoms with Gasteiger partial charge in [-0.1, -0.05) is 0 Å². The van der Waals surface area contributed by atoms with Gasteiger partial charge in [-0.05, 0) is 62.7 Å². The number of aromatic nitrogens is 2. The molecule has 0 unspecified atom stereocenters. The molecule has 11 heteroatoms. The normalized spacial score (nSPS) is 12.4. The molecular weight excluding hydrogens is 459 g/mol. The van der Waals surface area contributed by atoms with Gasteiger partial charge in [0, 0.05) is 29.7 Å². The van der Waals surface area contributed by atoms with Crippen molar-refractivity contribution in [2.45, 2.75) is 26.3 Å². The fourth-order valence-electron chi connectivity index (χ4n) is 2.91. The molecule has 0 saturated heterocycles. The Morgan fingerprint density at radius 2 is 1.77 bits per heavy atom. The number of urea groups is 1. The van der Waals surface area contributed by atoms with E-state index >= 15 is 0 Å². The van der Waals surface area contributed by atoms with Crippen LogP contribution in [0, 0.1) is 17.5 Å². The van der Waals surface area contributed by atoms with E-state index in [1.54, 1.807) is 0 Å². The number of carbonyl (C=O) groups excluding carboxylic acids is 1. The number of amides is 2. The van der Waals surface area contributed by atoms with Gasteiger partial charge in [0.25, 0.3) is 0 Å². The van der Waals surface area contributed by atoms with Crippen molar-refractivity contribution in [2.24, 2.45) is 10.7 Å². The first kappa shape index (κ1) is 25.2. The Kier molecular flexibility index (Phi) is 7.38. The van der Waals surface area contributed by atoms with E-state index in [9.17, 15) is 18.0 Å². The lowest BCUT2D eigenvalue weighted by atomic mass is 10.0. The molecule has 0 radical (unpaired) electrons. The maximum atomic E-state index is 14.6. The van der Waals surface area contributed by atoms with Gasteiger partial charge in [-0.25, -0.2) is 27.9 Å². The molecule has 0 aliphatic rings. The van der Waals surface area contributed by atoms with Crippen molar-refractivity contribution in [3.05, 3.63) is 77.4 Å². The SMILES string of the molecule is CC(C)(C)N=CC(=C(N)c1ccnc(N)n1)c1cc(F)cc(NC(=O)Nc2cc(F)ccc2F)c1. The second kappa shape index (κ2) is 10.2. The van der Waals surface area contributed by atoms with E-state index < -0.39 is 29.0 Å². The van der Waals surface area contributed by atoms with E-state index in [1.165, 1.54) is 30.6 Å². The maximum absolute atomic E-state index is 14.6. The molecule has 3 rings (SSSR count). The fourth-order valence-corrected chi connectivity index (χ4v) is 2.91. The number of allylic oxidation sites excluding steroid dienone is 1. The van der Waals surface area contributed by atoms with Crippen molar-refractivity contribution < 1.29 is 18.0 Å². The van der Waals surface area contributed by atoms with Crippen molar-refractivity contribution in [1.82, 2.24) is 9.97 Å². The number of hydrogen-bond donors (Lipinski definition) is 4. The Bertz CT molecular complexity index is 1320. The Labute approximate surface area is 200 Å². The Morgan fingerprint density at radius 3 is 2.46 bits per heavy atom. The number of nitrogens with one attached hydrogen (secondary N) is 2. The predicted octanol–water partition coefficient (Wildman–Crippen LogP) is 4.82. The number of carbonyl (C=O) groups is 1.